The molecule has 3 fully saturated rings. The molecule has 3 heterocycles. The summed E-state index contributed by atoms with van der Waals surface area (Å²) in [6.07, 6.45) is 4.08. The molecule has 3 aliphatic rings. The minimum atomic E-state index is -0.237. The van der Waals surface area contributed by atoms with Gasteiger partial charge >= 0.3 is 0 Å². The van der Waals surface area contributed by atoms with Crippen LogP contribution in [-0.4, -0.2) is 57.8 Å². The summed E-state index contributed by atoms with van der Waals surface area (Å²) in [5.41, 5.74) is 1.45. The van der Waals surface area contributed by atoms with Crippen molar-refractivity contribution in [3.8, 4) is 11.9 Å². The second-order valence-corrected chi connectivity index (χ2v) is 9.17. The van der Waals surface area contributed by atoms with Gasteiger partial charge < -0.3 is 25.4 Å². The number of amides is 1. The lowest BCUT2D eigenvalue weighted by molar-refractivity contribution is -0.123. The zero-order valence-corrected chi connectivity index (χ0v) is 18.7. The molecule has 0 bridgehead atoms. The molecule has 33 heavy (non-hydrogen) atoms. The highest BCUT2D eigenvalue weighted by Crippen LogP contribution is 2.56. The number of aliphatic hydroxyl groups is 1. The van der Waals surface area contributed by atoms with Crippen LogP contribution >= 0.6 is 0 Å². The van der Waals surface area contributed by atoms with Crippen LogP contribution in [0.25, 0.3) is 0 Å². The van der Waals surface area contributed by atoms with Gasteiger partial charge in [-0.2, -0.15) is 10.2 Å². The molecule has 0 aromatic carbocycles. The monoisotopic (exact) mass is 449 g/mol. The maximum absolute atomic E-state index is 12.6. The van der Waals surface area contributed by atoms with Crippen LogP contribution < -0.4 is 20.3 Å². The third-order valence-electron chi connectivity index (χ3n) is 7.07. The molecule has 0 spiro atoms. The summed E-state index contributed by atoms with van der Waals surface area (Å²) in [5.74, 6) is 2.26. The molecule has 1 amide bonds. The summed E-state index contributed by atoms with van der Waals surface area (Å²) in [5, 5.41) is 24.3. The SMILES string of the molecule is Cc1cnc(Nc2ccc(OCCO)nc2)nc1N1C[C@@H]2[C@H](C)[C@@]2(NC(=O)[C@H]2C[C@@H]2C#N)C1. The van der Waals surface area contributed by atoms with E-state index in [4.69, 9.17) is 20.1 Å². The van der Waals surface area contributed by atoms with E-state index in [0.717, 1.165) is 23.6 Å². The van der Waals surface area contributed by atoms with Crippen molar-refractivity contribution in [1.82, 2.24) is 20.3 Å². The van der Waals surface area contributed by atoms with Gasteiger partial charge in [0.15, 0.2) is 0 Å². The maximum atomic E-state index is 12.6. The molecule has 2 saturated carbocycles. The van der Waals surface area contributed by atoms with Crippen molar-refractivity contribution in [1.29, 1.82) is 5.26 Å². The van der Waals surface area contributed by atoms with E-state index >= 15 is 0 Å². The van der Waals surface area contributed by atoms with Gasteiger partial charge in [0.2, 0.25) is 17.7 Å². The topological polar surface area (TPSA) is 136 Å². The third-order valence-corrected chi connectivity index (χ3v) is 7.07. The summed E-state index contributed by atoms with van der Waals surface area (Å²) in [6.45, 7) is 5.81. The molecule has 2 aliphatic carbocycles. The molecular weight excluding hydrogens is 422 g/mol. The number of carbonyl (C=O) groups is 1. The number of aromatic nitrogens is 3. The molecule has 5 rings (SSSR count). The number of hydrogen-bond acceptors (Lipinski definition) is 9. The Kier molecular flexibility index (Phi) is 5.29. The number of nitrogens with one attached hydrogen (secondary N) is 2. The van der Waals surface area contributed by atoms with Gasteiger partial charge in [-0.3, -0.25) is 4.79 Å². The Bertz CT molecular complexity index is 1100. The Morgan fingerprint density at radius 3 is 2.94 bits per heavy atom. The van der Waals surface area contributed by atoms with E-state index in [1.54, 1.807) is 18.5 Å². The first kappa shape index (κ1) is 21.4. The van der Waals surface area contributed by atoms with Crippen LogP contribution in [0.4, 0.5) is 17.5 Å². The Labute approximate surface area is 192 Å². The Morgan fingerprint density at radius 2 is 2.24 bits per heavy atom. The predicted molar refractivity (Wildman–Crippen MR) is 120 cm³/mol. The zero-order valence-electron chi connectivity index (χ0n) is 18.7. The number of ether oxygens (including phenoxy) is 1. The van der Waals surface area contributed by atoms with Crippen molar-refractivity contribution >= 4 is 23.4 Å². The van der Waals surface area contributed by atoms with Crippen LogP contribution in [0.3, 0.4) is 0 Å². The van der Waals surface area contributed by atoms with Crippen LogP contribution in [-0.2, 0) is 4.79 Å². The van der Waals surface area contributed by atoms with E-state index in [1.807, 2.05) is 13.0 Å². The standard InChI is InChI=1S/C23H27N7O3/c1-13-9-26-22(27-16-3-4-19(25-10-16)33-6-5-31)28-20(13)30-11-18-14(2)23(18,12-30)29-21(32)17-7-15(17)8-24/h3-4,9-10,14-15,17-18,31H,5-7,11-12H2,1-2H3,(H,29,32)(H,26,27,28)/t14-,15+,17-,18+,23-/m0/s1. The number of rotatable bonds is 8. The first-order chi connectivity index (χ1) is 15.9. The lowest BCUT2D eigenvalue weighted by Gasteiger charge is -2.26. The van der Waals surface area contributed by atoms with E-state index in [1.165, 1.54) is 0 Å². The number of piperidine rings is 1. The number of nitrogens with zero attached hydrogens (tertiary/aromatic N) is 5. The first-order valence-electron chi connectivity index (χ1n) is 11.2. The molecule has 1 saturated heterocycles. The van der Waals surface area contributed by atoms with Gasteiger partial charge in [-0.15, -0.1) is 0 Å². The highest BCUT2D eigenvalue weighted by atomic mass is 16.5. The molecule has 1 aliphatic heterocycles. The molecular formula is C23H27N7O3. The fourth-order valence-electron chi connectivity index (χ4n) is 4.92. The summed E-state index contributed by atoms with van der Waals surface area (Å²) >= 11 is 0. The van der Waals surface area contributed by atoms with E-state index in [-0.39, 0.29) is 36.5 Å². The van der Waals surface area contributed by atoms with Gasteiger partial charge in [0.1, 0.15) is 12.4 Å². The van der Waals surface area contributed by atoms with Crippen LogP contribution in [0.2, 0.25) is 0 Å². The van der Waals surface area contributed by atoms with Crippen molar-refractivity contribution in [2.45, 2.75) is 25.8 Å². The second kappa shape index (κ2) is 8.15. The first-order valence-corrected chi connectivity index (χ1v) is 11.2. The largest absolute Gasteiger partial charge is 0.475 e. The molecule has 2 aromatic heterocycles. The molecule has 3 N–H and O–H groups in total. The van der Waals surface area contributed by atoms with Crippen LogP contribution in [0.5, 0.6) is 5.88 Å². The molecule has 10 nitrogen and oxygen atoms in total. The van der Waals surface area contributed by atoms with Gasteiger partial charge in [-0.25, -0.2) is 9.97 Å². The highest BCUT2D eigenvalue weighted by molar-refractivity contribution is 5.84. The Balaban J connectivity index is 1.26. The zero-order chi connectivity index (χ0) is 23.2. The Hall–Kier alpha value is -3.45. The van der Waals surface area contributed by atoms with Gasteiger partial charge in [-0.05, 0) is 25.3 Å². The number of nitriles is 1. The molecule has 5 atom stereocenters. The van der Waals surface area contributed by atoms with Gasteiger partial charge in [0, 0.05) is 36.8 Å². The van der Waals surface area contributed by atoms with Crippen molar-refractivity contribution in [3.63, 3.8) is 0 Å². The summed E-state index contributed by atoms with van der Waals surface area (Å²) in [6, 6.07) is 5.72. The maximum Gasteiger partial charge on any atom is 0.229 e. The average Bonchev–Trinajstić information content (AvgIpc) is 3.67. The minimum Gasteiger partial charge on any atom is -0.475 e. The highest BCUT2D eigenvalue weighted by Gasteiger charge is 2.68. The number of pyridine rings is 1. The van der Waals surface area contributed by atoms with Crippen molar-refractivity contribution < 1.29 is 14.6 Å². The molecule has 2 aromatic rings. The van der Waals surface area contributed by atoms with Crippen molar-refractivity contribution in [2.24, 2.45) is 23.7 Å². The van der Waals surface area contributed by atoms with Gasteiger partial charge in [-0.1, -0.05) is 6.92 Å². The predicted octanol–water partition coefficient (Wildman–Crippen LogP) is 1.40. The summed E-state index contributed by atoms with van der Waals surface area (Å²) < 4.78 is 5.28. The number of carbonyl (C=O) groups excluding carboxylic acids is 1. The fourth-order valence-corrected chi connectivity index (χ4v) is 4.92. The molecule has 172 valence electrons. The van der Waals surface area contributed by atoms with Crippen LogP contribution in [0.15, 0.2) is 24.5 Å². The third kappa shape index (κ3) is 3.93. The van der Waals surface area contributed by atoms with E-state index < -0.39 is 0 Å². The van der Waals surface area contributed by atoms with E-state index in [2.05, 4.69) is 38.5 Å². The average molecular weight is 450 g/mol. The van der Waals surface area contributed by atoms with E-state index in [0.29, 0.717) is 36.6 Å². The molecule has 0 radical (unpaired) electrons. The van der Waals surface area contributed by atoms with Gasteiger partial charge in [0.05, 0.1) is 41.9 Å². The van der Waals surface area contributed by atoms with Crippen LogP contribution in [0.1, 0.15) is 18.9 Å². The van der Waals surface area contributed by atoms with Crippen molar-refractivity contribution in [3.05, 3.63) is 30.1 Å². The van der Waals surface area contributed by atoms with Crippen molar-refractivity contribution in [2.75, 3.05) is 36.5 Å². The minimum absolute atomic E-state index is 0.0124. The Morgan fingerprint density at radius 1 is 1.39 bits per heavy atom. The fraction of sp³-hybridized carbons (Fsp3) is 0.522. The number of aryl methyl sites for hydroxylation is 1. The second-order valence-electron chi connectivity index (χ2n) is 9.17. The smallest absolute Gasteiger partial charge is 0.229 e. The quantitative estimate of drug-likeness (QED) is 0.546. The normalized spacial score (nSPS) is 29.1. The van der Waals surface area contributed by atoms with Crippen LogP contribution in [0, 0.1) is 41.9 Å². The summed E-state index contributed by atoms with van der Waals surface area (Å²) in [7, 11) is 0. The number of anilines is 3. The lowest BCUT2D eigenvalue weighted by Crippen LogP contribution is -2.45. The summed E-state index contributed by atoms with van der Waals surface area (Å²) in [4.78, 5) is 28.2. The van der Waals surface area contributed by atoms with Gasteiger partial charge in [0.25, 0.3) is 0 Å². The molecule has 0 unspecified atom stereocenters. The molecule has 10 heteroatoms. The number of hydrogen-bond donors (Lipinski definition) is 3. The lowest BCUT2D eigenvalue weighted by atomic mass is 10.2. The number of aliphatic hydroxyl groups excluding tert-OH is 1. The van der Waals surface area contributed by atoms with E-state index in [9.17, 15) is 4.79 Å². The number of fused-ring (bicyclic) bond motifs is 1.